The van der Waals surface area contributed by atoms with Crippen molar-refractivity contribution >= 4 is 5.78 Å². The third-order valence-electron chi connectivity index (χ3n) is 2.68. The molecule has 0 fully saturated rings. The zero-order valence-electron chi connectivity index (χ0n) is 10.5. The van der Waals surface area contributed by atoms with Crippen LogP contribution in [0.15, 0.2) is 24.3 Å². The van der Waals surface area contributed by atoms with Crippen molar-refractivity contribution in [3.63, 3.8) is 0 Å². The molecule has 2 heteroatoms. The summed E-state index contributed by atoms with van der Waals surface area (Å²) in [5.41, 5.74) is 2.00. The normalized spacial score (nSPS) is 10.8. The molecule has 1 aromatic rings. The number of ketones is 1. The molecule has 16 heavy (non-hydrogen) atoms. The van der Waals surface area contributed by atoms with Crippen LogP contribution in [0.25, 0.3) is 0 Å². The van der Waals surface area contributed by atoms with Gasteiger partial charge in [0.1, 0.15) is 0 Å². The van der Waals surface area contributed by atoms with Crippen molar-refractivity contribution in [2.45, 2.75) is 26.7 Å². The van der Waals surface area contributed by atoms with E-state index < -0.39 is 0 Å². The quantitative estimate of drug-likeness (QED) is 0.686. The average Bonchev–Trinajstić information content (AvgIpc) is 2.27. The van der Waals surface area contributed by atoms with E-state index in [-0.39, 0.29) is 5.78 Å². The van der Waals surface area contributed by atoms with E-state index in [0.717, 1.165) is 18.5 Å². The smallest absolute Gasteiger partial charge is 0.176 e. The van der Waals surface area contributed by atoms with Crippen LogP contribution < -0.4 is 0 Å². The molecule has 0 amide bonds. The third-order valence-corrected chi connectivity index (χ3v) is 2.68. The Morgan fingerprint density at radius 3 is 2.44 bits per heavy atom. The Morgan fingerprint density at radius 1 is 1.25 bits per heavy atom. The molecule has 1 aromatic carbocycles. The van der Waals surface area contributed by atoms with Gasteiger partial charge in [0.25, 0.3) is 0 Å². The number of nitrogens with zero attached hydrogens (tertiary/aromatic N) is 1. The first-order chi connectivity index (χ1) is 7.63. The van der Waals surface area contributed by atoms with E-state index in [1.165, 1.54) is 12.0 Å². The van der Waals surface area contributed by atoms with Gasteiger partial charge in [0.2, 0.25) is 0 Å². The number of hydrogen-bond acceptors (Lipinski definition) is 2. The number of likely N-dealkylation sites (N-methyl/N-ethyl adjacent to an activating group) is 1. The van der Waals surface area contributed by atoms with Crippen LogP contribution in [0.2, 0.25) is 0 Å². The second-order valence-electron chi connectivity index (χ2n) is 4.38. The summed E-state index contributed by atoms with van der Waals surface area (Å²) >= 11 is 0. The molecule has 0 atom stereocenters. The lowest BCUT2D eigenvalue weighted by molar-refractivity contribution is 0.0945. The fourth-order valence-corrected chi connectivity index (χ4v) is 1.58. The van der Waals surface area contributed by atoms with Crippen molar-refractivity contribution in [2.24, 2.45) is 0 Å². The topological polar surface area (TPSA) is 20.3 Å². The predicted octanol–water partition coefficient (Wildman–Crippen LogP) is 2.91. The number of carbonyl (C=O) groups excluding carboxylic acids is 1. The van der Waals surface area contributed by atoms with Gasteiger partial charge in [-0.15, -0.1) is 0 Å². The highest BCUT2D eigenvalue weighted by molar-refractivity contribution is 5.97. The highest BCUT2D eigenvalue weighted by atomic mass is 16.1. The second-order valence-corrected chi connectivity index (χ2v) is 4.38. The molecule has 0 heterocycles. The summed E-state index contributed by atoms with van der Waals surface area (Å²) in [4.78, 5) is 14.0. The van der Waals surface area contributed by atoms with Crippen molar-refractivity contribution in [3.8, 4) is 0 Å². The lowest BCUT2D eigenvalue weighted by atomic mass is 10.1. The van der Waals surface area contributed by atoms with Crippen LogP contribution in [0.1, 0.15) is 35.7 Å². The summed E-state index contributed by atoms with van der Waals surface area (Å²) < 4.78 is 0. The number of rotatable bonds is 6. The Balaban J connectivity index is 2.48. The molecule has 0 aliphatic heterocycles. The summed E-state index contributed by atoms with van der Waals surface area (Å²) in [6.45, 7) is 5.70. The van der Waals surface area contributed by atoms with Gasteiger partial charge in [0.05, 0.1) is 6.54 Å². The number of carbonyl (C=O) groups is 1. The van der Waals surface area contributed by atoms with E-state index in [1.807, 2.05) is 38.2 Å². The summed E-state index contributed by atoms with van der Waals surface area (Å²) in [6.07, 6.45) is 2.32. The lowest BCUT2D eigenvalue weighted by Gasteiger charge is -2.14. The summed E-state index contributed by atoms with van der Waals surface area (Å²) in [7, 11) is 2.00. The van der Waals surface area contributed by atoms with E-state index in [0.29, 0.717) is 6.54 Å². The molecule has 0 saturated carbocycles. The summed E-state index contributed by atoms with van der Waals surface area (Å²) in [5.74, 6) is 0.207. The van der Waals surface area contributed by atoms with Crippen LogP contribution in [-0.2, 0) is 0 Å². The van der Waals surface area contributed by atoms with Gasteiger partial charge in [-0.05, 0) is 26.9 Å². The number of Topliss-reactive ketones (excluding diaryl/α,β-unsaturated/α-hetero) is 1. The maximum atomic E-state index is 11.9. The van der Waals surface area contributed by atoms with Gasteiger partial charge in [0, 0.05) is 5.56 Å². The fraction of sp³-hybridized carbons (Fsp3) is 0.500. The minimum atomic E-state index is 0.207. The van der Waals surface area contributed by atoms with Gasteiger partial charge in [-0.1, -0.05) is 43.2 Å². The van der Waals surface area contributed by atoms with Gasteiger partial charge in [-0.3, -0.25) is 9.69 Å². The van der Waals surface area contributed by atoms with Crippen LogP contribution in [0.5, 0.6) is 0 Å². The molecular weight excluding hydrogens is 198 g/mol. The molecule has 1 rings (SSSR count). The molecular formula is C14H21NO. The van der Waals surface area contributed by atoms with Gasteiger partial charge in [0.15, 0.2) is 5.78 Å². The van der Waals surface area contributed by atoms with Gasteiger partial charge >= 0.3 is 0 Å². The van der Waals surface area contributed by atoms with Gasteiger partial charge < -0.3 is 0 Å². The monoisotopic (exact) mass is 219 g/mol. The predicted molar refractivity (Wildman–Crippen MR) is 67.9 cm³/mol. The van der Waals surface area contributed by atoms with Crippen molar-refractivity contribution in [3.05, 3.63) is 35.4 Å². The summed E-state index contributed by atoms with van der Waals surface area (Å²) in [6, 6.07) is 7.79. The first kappa shape index (κ1) is 12.9. The largest absolute Gasteiger partial charge is 0.299 e. The first-order valence-electron chi connectivity index (χ1n) is 5.92. The van der Waals surface area contributed by atoms with E-state index >= 15 is 0 Å². The van der Waals surface area contributed by atoms with Crippen LogP contribution >= 0.6 is 0 Å². The zero-order chi connectivity index (χ0) is 12.0. The molecule has 0 aliphatic carbocycles. The Hall–Kier alpha value is -1.15. The number of unbranched alkanes of at least 4 members (excludes halogenated alkanes) is 1. The Kier molecular flexibility index (Phi) is 5.20. The van der Waals surface area contributed by atoms with Crippen LogP contribution in [-0.4, -0.2) is 30.8 Å². The molecule has 0 unspecified atom stereocenters. The fourth-order valence-electron chi connectivity index (χ4n) is 1.58. The molecule has 0 aliphatic rings. The second kappa shape index (κ2) is 6.44. The molecule has 88 valence electrons. The van der Waals surface area contributed by atoms with E-state index in [9.17, 15) is 4.79 Å². The number of benzene rings is 1. The lowest BCUT2D eigenvalue weighted by Crippen LogP contribution is -2.26. The van der Waals surface area contributed by atoms with E-state index in [1.54, 1.807) is 0 Å². The minimum Gasteiger partial charge on any atom is -0.299 e. The van der Waals surface area contributed by atoms with Gasteiger partial charge in [-0.2, -0.15) is 0 Å². The molecule has 0 N–H and O–H groups in total. The molecule has 0 bridgehead atoms. The molecule has 0 saturated heterocycles. The highest BCUT2D eigenvalue weighted by Gasteiger charge is 2.08. The van der Waals surface area contributed by atoms with Crippen molar-refractivity contribution < 1.29 is 4.79 Å². The number of hydrogen-bond donors (Lipinski definition) is 0. The molecule has 2 nitrogen and oxygen atoms in total. The van der Waals surface area contributed by atoms with Crippen LogP contribution in [0, 0.1) is 6.92 Å². The Labute approximate surface area is 98.3 Å². The standard InChI is InChI=1S/C14H21NO/c1-4-5-10-15(3)11-14(16)13-8-6-12(2)7-9-13/h6-9H,4-5,10-11H2,1-3H3. The van der Waals surface area contributed by atoms with E-state index in [2.05, 4.69) is 11.8 Å². The minimum absolute atomic E-state index is 0.207. The van der Waals surface area contributed by atoms with Gasteiger partial charge in [-0.25, -0.2) is 0 Å². The van der Waals surface area contributed by atoms with Crippen molar-refractivity contribution in [1.29, 1.82) is 0 Å². The summed E-state index contributed by atoms with van der Waals surface area (Å²) in [5, 5.41) is 0. The Morgan fingerprint density at radius 2 is 1.88 bits per heavy atom. The maximum absolute atomic E-state index is 11.9. The maximum Gasteiger partial charge on any atom is 0.176 e. The van der Waals surface area contributed by atoms with Crippen LogP contribution in [0.4, 0.5) is 0 Å². The van der Waals surface area contributed by atoms with E-state index in [4.69, 9.17) is 0 Å². The molecule has 0 radical (unpaired) electrons. The van der Waals surface area contributed by atoms with Crippen molar-refractivity contribution in [1.82, 2.24) is 4.90 Å². The first-order valence-corrected chi connectivity index (χ1v) is 5.92. The molecule has 0 spiro atoms. The average molecular weight is 219 g/mol. The highest BCUT2D eigenvalue weighted by Crippen LogP contribution is 2.05. The van der Waals surface area contributed by atoms with Crippen molar-refractivity contribution in [2.75, 3.05) is 20.1 Å². The van der Waals surface area contributed by atoms with Crippen LogP contribution in [0.3, 0.4) is 0 Å². The number of aryl methyl sites for hydroxylation is 1. The third kappa shape index (κ3) is 4.15. The zero-order valence-corrected chi connectivity index (χ0v) is 10.5. The molecule has 0 aromatic heterocycles. The SMILES string of the molecule is CCCCN(C)CC(=O)c1ccc(C)cc1. The Bertz CT molecular complexity index is 329.